The molecule has 1 aromatic heterocycles. The van der Waals surface area contributed by atoms with Gasteiger partial charge in [-0.1, -0.05) is 0 Å². The third kappa shape index (κ3) is 2.37. The quantitative estimate of drug-likeness (QED) is 0.878. The van der Waals surface area contributed by atoms with Gasteiger partial charge in [0.1, 0.15) is 5.76 Å². The topological polar surface area (TPSA) is 62.6 Å². The van der Waals surface area contributed by atoms with Crippen molar-refractivity contribution in [3.63, 3.8) is 0 Å². The lowest BCUT2D eigenvalue weighted by atomic mass is 10.1. The summed E-state index contributed by atoms with van der Waals surface area (Å²) >= 11 is 0. The van der Waals surface area contributed by atoms with Crippen LogP contribution < -0.4 is 5.32 Å². The zero-order valence-corrected chi connectivity index (χ0v) is 11.0. The summed E-state index contributed by atoms with van der Waals surface area (Å²) in [4.78, 5) is 25.8. The van der Waals surface area contributed by atoms with Gasteiger partial charge in [-0.25, -0.2) is 0 Å². The summed E-state index contributed by atoms with van der Waals surface area (Å²) in [5, 5.41) is 2.80. The summed E-state index contributed by atoms with van der Waals surface area (Å²) in [6, 6.07) is 1.68. The number of hydrogen-bond acceptors (Lipinski definition) is 3. The molecule has 2 aliphatic rings. The molecular formula is C14H18N2O3. The molecule has 1 saturated heterocycles. The van der Waals surface area contributed by atoms with Gasteiger partial charge in [0, 0.05) is 31.5 Å². The van der Waals surface area contributed by atoms with Gasteiger partial charge < -0.3 is 14.6 Å². The number of rotatable bonds is 2. The molecule has 1 aliphatic carbocycles. The van der Waals surface area contributed by atoms with Crippen molar-refractivity contribution in [2.24, 2.45) is 0 Å². The van der Waals surface area contributed by atoms with Crippen molar-refractivity contribution in [1.82, 2.24) is 10.2 Å². The lowest BCUT2D eigenvalue weighted by Gasteiger charge is -2.26. The van der Waals surface area contributed by atoms with E-state index in [1.807, 2.05) is 6.92 Å². The van der Waals surface area contributed by atoms with Crippen LogP contribution in [0.2, 0.25) is 0 Å². The molecule has 2 amide bonds. The van der Waals surface area contributed by atoms with Crippen LogP contribution in [0, 0.1) is 0 Å². The monoisotopic (exact) mass is 262 g/mol. The third-order valence-corrected chi connectivity index (χ3v) is 3.82. The first-order valence-electron chi connectivity index (χ1n) is 6.82. The first kappa shape index (κ1) is 12.3. The number of hydrogen-bond donors (Lipinski definition) is 1. The van der Waals surface area contributed by atoms with Gasteiger partial charge in [0.2, 0.25) is 5.91 Å². The van der Waals surface area contributed by atoms with E-state index in [2.05, 4.69) is 5.32 Å². The highest BCUT2D eigenvalue weighted by Crippen LogP contribution is 2.42. The molecule has 2 fully saturated rings. The Morgan fingerprint density at radius 2 is 2.26 bits per heavy atom. The van der Waals surface area contributed by atoms with E-state index in [0.29, 0.717) is 31.0 Å². The Morgan fingerprint density at radius 1 is 1.47 bits per heavy atom. The van der Waals surface area contributed by atoms with Crippen LogP contribution in [0.1, 0.15) is 48.2 Å². The molecule has 5 heteroatoms. The number of carbonyl (C=O) groups is 2. The average Bonchev–Trinajstić information content (AvgIpc) is 3.13. The summed E-state index contributed by atoms with van der Waals surface area (Å²) < 4.78 is 5.46. The van der Waals surface area contributed by atoms with E-state index in [0.717, 1.165) is 18.6 Å². The molecule has 1 atom stereocenters. The van der Waals surface area contributed by atoms with Crippen LogP contribution in [-0.4, -0.2) is 35.8 Å². The molecule has 0 spiro atoms. The summed E-state index contributed by atoms with van der Waals surface area (Å²) in [6.45, 7) is 2.99. The smallest absolute Gasteiger partial charge is 0.257 e. The Kier molecular flexibility index (Phi) is 3.05. The van der Waals surface area contributed by atoms with Crippen molar-refractivity contribution in [1.29, 1.82) is 0 Å². The lowest BCUT2D eigenvalue weighted by molar-refractivity contribution is -0.121. The Morgan fingerprint density at radius 3 is 3.00 bits per heavy atom. The number of carbonyl (C=O) groups excluding carboxylic acids is 2. The van der Waals surface area contributed by atoms with Crippen molar-refractivity contribution < 1.29 is 14.0 Å². The maximum atomic E-state index is 12.6. The van der Waals surface area contributed by atoms with Crippen LogP contribution >= 0.6 is 0 Å². The minimum Gasteiger partial charge on any atom is -0.468 e. The van der Waals surface area contributed by atoms with Crippen molar-refractivity contribution in [2.75, 3.05) is 13.1 Å². The predicted molar refractivity (Wildman–Crippen MR) is 68.8 cm³/mol. The van der Waals surface area contributed by atoms with E-state index < -0.39 is 0 Å². The van der Waals surface area contributed by atoms with Crippen LogP contribution in [0.4, 0.5) is 0 Å². The average molecular weight is 262 g/mol. The molecule has 1 unspecified atom stereocenters. The summed E-state index contributed by atoms with van der Waals surface area (Å²) in [6.07, 6.45) is 4.15. The molecule has 2 heterocycles. The van der Waals surface area contributed by atoms with Gasteiger partial charge in [-0.15, -0.1) is 0 Å². The molecule has 5 nitrogen and oxygen atoms in total. The number of furan rings is 1. The Hall–Kier alpha value is -1.78. The molecule has 0 aromatic carbocycles. The molecule has 19 heavy (non-hydrogen) atoms. The van der Waals surface area contributed by atoms with Gasteiger partial charge in [-0.3, -0.25) is 9.59 Å². The summed E-state index contributed by atoms with van der Waals surface area (Å²) in [5.41, 5.74) is 0.670. The second kappa shape index (κ2) is 4.72. The van der Waals surface area contributed by atoms with E-state index in [1.54, 1.807) is 17.2 Å². The van der Waals surface area contributed by atoms with Gasteiger partial charge in [0.15, 0.2) is 0 Å². The molecule has 3 rings (SSSR count). The van der Waals surface area contributed by atoms with E-state index in [4.69, 9.17) is 4.42 Å². The number of amides is 2. The molecule has 1 aromatic rings. The van der Waals surface area contributed by atoms with Crippen LogP contribution in [0.25, 0.3) is 0 Å². The SMILES string of the molecule is CC1CC(=O)NCCN1C(=O)c1ccoc1C1CC1. The highest BCUT2D eigenvalue weighted by molar-refractivity contribution is 5.96. The minimum absolute atomic E-state index is 0.0115. The van der Waals surface area contributed by atoms with Crippen molar-refractivity contribution in [3.8, 4) is 0 Å². The lowest BCUT2D eigenvalue weighted by Crippen LogP contribution is -2.39. The van der Waals surface area contributed by atoms with E-state index in [9.17, 15) is 9.59 Å². The third-order valence-electron chi connectivity index (χ3n) is 3.82. The fraction of sp³-hybridized carbons (Fsp3) is 0.571. The molecule has 102 valence electrons. The first-order valence-corrected chi connectivity index (χ1v) is 6.82. The zero-order valence-electron chi connectivity index (χ0n) is 11.0. The van der Waals surface area contributed by atoms with E-state index in [1.165, 1.54) is 0 Å². The fourth-order valence-corrected chi connectivity index (χ4v) is 2.60. The predicted octanol–water partition coefficient (Wildman–Crippen LogP) is 1.51. The zero-order chi connectivity index (χ0) is 13.4. The summed E-state index contributed by atoms with van der Waals surface area (Å²) in [5.74, 6) is 1.23. The normalized spacial score (nSPS) is 23.9. The van der Waals surface area contributed by atoms with Crippen LogP contribution in [0.15, 0.2) is 16.7 Å². The Balaban J connectivity index is 1.82. The van der Waals surface area contributed by atoms with E-state index >= 15 is 0 Å². The van der Waals surface area contributed by atoms with E-state index in [-0.39, 0.29) is 17.9 Å². The molecular weight excluding hydrogens is 244 g/mol. The van der Waals surface area contributed by atoms with Crippen molar-refractivity contribution in [2.45, 2.75) is 38.1 Å². The number of nitrogens with one attached hydrogen (secondary N) is 1. The van der Waals surface area contributed by atoms with Crippen molar-refractivity contribution in [3.05, 3.63) is 23.7 Å². The largest absolute Gasteiger partial charge is 0.468 e. The van der Waals surface area contributed by atoms with Gasteiger partial charge in [-0.2, -0.15) is 0 Å². The maximum absolute atomic E-state index is 12.6. The molecule has 1 saturated carbocycles. The number of nitrogens with zero attached hydrogens (tertiary/aromatic N) is 1. The second-order valence-corrected chi connectivity index (χ2v) is 5.37. The first-order chi connectivity index (χ1) is 9.16. The van der Waals surface area contributed by atoms with Gasteiger partial charge >= 0.3 is 0 Å². The van der Waals surface area contributed by atoms with Gasteiger partial charge in [0.25, 0.3) is 5.91 Å². The highest BCUT2D eigenvalue weighted by atomic mass is 16.3. The molecule has 1 N–H and O–H groups in total. The van der Waals surface area contributed by atoms with Crippen LogP contribution in [-0.2, 0) is 4.79 Å². The van der Waals surface area contributed by atoms with Crippen LogP contribution in [0.5, 0.6) is 0 Å². The molecule has 0 bridgehead atoms. The maximum Gasteiger partial charge on any atom is 0.257 e. The van der Waals surface area contributed by atoms with Gasteiger partial charge in [-0.05, 0) is 25.8 Å². The fourth-order valence-electron chi connectivity index (χ4n) is 2.60. The Bertz CT molecular complexity index is 505. The molecule has 1 aliphatic heterocycles. The summed E-state index contributed by atoms with van der Waals surface area (Å²) in [7, 11) is 0. The minimum atomic E-state index is -0.0723. The van der Waals surface area contributed by atoms with Crippen LogP contribution in [0.3, 0.4) is 0 Å². The highest BCUT2D eigenvalue weighted by Gasteiger charge is 2.34. The van der Waals surface area contributed by atoms with Gasteiger partial charge in [0.05, 0.1) is 11.8 Å². The molecule has 0 radical (unpaired) electrons. The van der Waals surface area contributed by atoms with Crippen molar-refractivity contribution >= 4 is 11.8 Å². The second-order valence-electron chi connectivity index (χ2n) is 5.37. The Labute approximate surface area is 111 Å². The standard InChI is InChI=1S/C14H18N2O3/c1-9-8-12(17)15-5-6-16(9)14(18)11-4-7-19-13(11)10-2-3-10/h4,7,9-10H,2-3,5-6,8H2,1H3,(H,15,17).